The third-order valence-corrected chi connectivity index (χ3v) is 9.22. The molecule has 0 aliphatic rings. The van der Waals surface area contributed by atoms with Gasteiger partial charge in [-0.05, 0) is 83.7 Å². The van der Waals surface area contributed by atoms with E-state index >= 15 is 0 Å². The summed E-state index contributed by atoms with van der Waals surface area (Å²) in [6, 6.07) is 0. The van der Waals surface area contributed by atoms with Crippen molar-refractivity contribution in [2.75, 3.05) is 52.4 Å². The topological polar surface area (TPSA) is 258 Å². The molecule has 0 aliphatic heterocycles. The highest BCUT2D eigenvalue weighted by Gasteiger charge is 2.16. The van der Waals surface area contributed by atoms with Gasteiger partial charge in [0.25, 0.3) is 0 Å². The number of hydrogen-bond acceptors (Lipinski definition) is 12. The van der Waals surface area contributed by atoms with Gasteiger partial charge in [0.05, 0.1) is 22.9 Å². The van der Waals surface area contributed by atoms with E-state index in [1.165, 1.54) is 6.92 Å². The average Bonchev–Trinajstić information content (AvgIpc) is 3.13. The van der Waals surface area contributed by atoms with Crippen LogP contribution >= 0.6 is 22.9 Å². The summed E-state index contributed by atoms with van der Waals surface area (Å²) in [4.78, 5) is 71.3. The lowest BCUT2D eigenvalue weighted by Gasteiger charge is -2.17. The SMILES string of the molecule is CC(=O)N(O)CCCCCNC(=O)CCC(=O)N(O)CCCCCNC(O)CCC(=O)N(O)CCCCCNC(=O)CCC(=O)N(I)CCCCCN. The lowest BCUT2D eigenvalue weighted by molar-refractivity contribution is -0.166. The van der Waals surface area contributed by atoms with Crippen LogP contribution in [0, 0.1) is 0 Å². The summed E-state index contributed by atoms with van der Waals surface area (Å²) in [5.41, 5.74) is 5.47. The van der Waals surface area contributed by atoms with E-state index in [0.717, 1.165) is 19.3 Å². The first kappa shape index (κ1) is 50.3. The van der Waals surface area contributed by atoms with Crippen molar-refractivity contribution in [3.63, 3.8) is 0 Å². The van der Waals surface area contributed by atoms with Gasteiger partial charge < -0.3 is 21.5 Å². The Morgan fingerprint density at radius 2 is 1.00 bits per heavy atom. The standard InChI is InChI=1S/C34H65IN8O10/c1-28(44)41(51)25-11-3-7-21-38-30(46)15-18-33(49)43(53)27-13-5-9-23-39-31(47)16-19-34(50)42(52)26-12-4-8-22-37-29(45)14-17-32(48)40(35)24-10-2-6-20-36/h31,39,47,51-53H,2-27,36H2,1H3,(H,37,45)(H,38,46). The summed E-state index contributed by atoms with van der Waals surface area (Å²) in [5, 5.41) is 49.7. The first-order valence-corrected chi connectivity index (χ1v) is 19.8. The van der Waals surface area contributed by atoms with E-state index in [2.05, 4.69) is 16.0 Å². The van der Waals surface area contributed by atoms with Crippen molar-refractivity contribution in [2.24, 2.45) is 5.73 Å². The van der Waals surface area contributed by atoms with Gasteiger partial charge in [0.1, 0.15) is 6.23 Å². The minimum absolute atomic E-state index is 0.0485. The van der Waals surface area contributed by atoms with Crippen molar-refractivity contribution in [3.05, 3.63) is 0 Å². The summed E-state index contributed by atoms with van der Waals surface area (Å²) in [6.07, 6.45) is 7.67. The van der Waals surface area contributed by atoms with Crippen molar-refractivity contribution in [2.45, 2.75) is 129 Å². The van der Waals surface area contributed by atoms with Gasteiger partial charge in [0.2, 0.25) is 35.4 Å². The smallest absolute Gasteiger partial charge is 0.246 e. The van der Waals surface area contributed by atoms with Gasteiger partial charge in [-0.15, -0.1) is 0 Å². The van der Waals surface area contributed by atoms with E-state index in [-0.39, 0.29) is 75.9 Å². The second-order valence-electron chi connectivity index (χ2n) is 12.9. The monoisotopic (exact) mass is 872 g/mol. The number of halogens is 1. The number of amides is 6. The van der Waals surface area contributed by atoms with Crippen LogP contribution in [0.5, 0.6) is 0 Å². The Balaban J connectivity index is 3.81. The number of aliphatic hydroxyl groups is 1. The van der Waals surface area contributed by atoms with Crippen LogP contribution in [0.4, 0.5) is 0 Å². The molecule has 308 valence electrons. The summed E-state index contributed by atoms with van der Waals surface area (Å²) < 4.78 is 1.61. The quantitative estimate of drug-likeness (QED) is 0.0118. The molecule has 0 aliphatic carbocycles. The third-order valence-electron chi connectivity index (χ3n) is 8.20. The van der Waals surface area contributed by atoms with Gasteiger partial charge in [-0.25, -0.2) is 15.2 Å². The first-order chi connectivity index (χ1) is 25.3. The highest BCUT2D eigenvalue weighted by atomic mass is 127. The molecule has 1 atom stereocenters. The van der Waals surface area contributed by atoms with E-state index in [0.29, 0.717) is 106 Å². The molecule has 0 spiro atoms. The molecule has 6 amide bonds. The zero-order valence-electron chi connectivity index (χ0n) is 31.4. The van der Waals surface area contributed by atoms with Crippen molar-refractivity contribution in [3.8, 4) is 0 Å². The van der Waals surface area contributed by atoms with E-state index in [4.69, 9.17) is 5.73 Å². The predicted molar refractivity (Wildman–Crippen MR) is 204 cm³/mol. The zero-order chi connectivity index (χ0) is 39.9. The van der Waals surface area contributed by atoms with Crippen LogP contribution in [0.15, 0.2) is 0 Å². The number of nitrogens with two attached hydrogens (primary N) is 1. The van der Waals surface area contributed by atoms with Crippen LogP contribution < -0.4 is 21.7 Å². The van der Waals surface area contributed by atoms with Crippen LogP contribution in [-0.2, 0) is 28.8 Å². The van der Waals surface area contributed by atoms with Crippen molar-refractivity contribution < 1.29 is 49.5 Å². The minimum atomic E-state index is -0.938. The van der Waals surface area contributed by atoms with Crippen LogP contribution in [0.25, 0.3) is 0 Å². The van der Waals surface area contributed by atoms with Crippen molar-refractivity contribution >= 4 is 58.3 Å². The number of hydroxylamine groups is 6. The maximum Gasteiger partial charge on any atom is 0.246 e. The Kier molecular flexibility index (Phi) is 31.1. The summed E-state index contributed by atoms with van der Waals surface area (Å²) in [6.45, 7) is 4.31. The van der Waals surface area contributed by atoms with Gasteiger partial charge in [0.15, 0.2) is 0 Å². The molecule has 9 N–H and O–H groups in total. The second kappa shape index (κ2) is 32.7. The molecule has 0 radical (unpaired) electrons. The molecular formula is C34H65IN8O10. The number of carbonyl (C=O) groups excluding carboxylic acids is 6. The van der Waals surface area contributed by atoms with Gasteiger partial charge in [-0.2, -0.15) is 0 Å². The van der Waals surface area contributed by atoms with E-state index in [9.17, 15) is 49.5 Å². The third kappa shape index (κ3) is 29.4. The number of unbranched alkanes of at least 4 members (excludes halogenated alkanes) is 8. The zero-order valence-corrected chi connectivity index (χ0v) is 33.6. The molecule has 0 aromatic carbocycles. The Hall–Kier alpha value is -2.69. The molecule has 0 bridgehead atoms. The molecule has 53 heavy (non-hydrogen) atoms. The second-order valence-corrected chi connectivity index (χ2v) is 14.1. The maximum atomic E-state index is 12.2. The molecule has 18 nitrogen and oxygen atoms in total. The Morgan fingerprint density at radius 3 is 1.51 bits per heavy atom. The Bertz CT molecular complexity index is 1060. The van der Waals surface area contributed by atoms with Gasteiger partial charge in [0, 0.05) is 78.3 Å². The van der Waals surface area contributed by atoms with E-state index < -0.39 is 23.9 Å². The van der Waals surface area contributed by atoms with Crippen molar-refractivity contribution in [1.82, 2.24) is 34.3 Å². The van der Waals surface area contributed by atoms with E-state index in [1.807, 2.05) is 22.9 Å². The summed E-state index contributed by atoms with van der Waals surface area (Å²) in [7, 11) is 0. The Morgan fingerprint density at radius 1 is 0.566 bits per heavy atom. The Labute approximate surface area is 327 Å². The minimum Gasteiger partial charge on any atom is -0.379 e. The van der Waals surface area contributed by atoms with Gasteiger partial charge in [-0.3, -0.25) is 52.8 Å². The number of rotatable bonds is 33. The average molecular weight is 873 g/mol. The predicted octanol–water partition coefficient (Wildman–Crippen LogP) is 1.96. The highest BCUT2D eigenvalue weighted by molar-refractivity contribution is 14.1. The highest BCUT2D eigenvalue weighted by Crippen LogP contribution is 2.09. The first-order valence-electron chi connectivity index (χ1n) is 18.8. The fourth-order valence-corrected chi connectivity index (χ4v) is 5.46. The lowest BCUT2D eigenvalue weighted by Crippen LogP contribution is -2.33. The number of nitrogens with zero attached hydrogens (tertiary/aromatic N) is 4. The summed E-state index contributed by atoms with van der Waals surface area (Å²) in [5.74, 6) is -2.06. The lowest BCUT2D eigenvalue weighted by atomic mass is 10.2. The van der Waals surface area contributed by atoms with Crippen LogP contribution in [0.1, 0.15) is 122 Å². The molecule has 0 fully saturated rings. The number of hydrogen-bond donors (Lipinski definition) is 8. The molecule has 0 saturated heterocycles. The number of nitrogens with one attached hydrogen (secondary N) is 3. The molecule has 0 heterocycles. The largest absolute Gasteiger partial charge is 0.379 e. The van der Waals surface area contributed by atoms with Crippen molar-refractivity contribution in [1.29, 1.82) is 0 Å². The molecule has 0 aromatic rings. The molecule has 19 heteroatoms. The maximum absolute atomic E-state index is 12.2. The van der Waals surface area contributed by atoms with Crippen LogP contribution in [0.2, 0.25) is 0 Å². The summed E-state index contributed by atoms with van der Waals surface area (Å²) >= 11 is 1.97. The number of aliphatic hydroxyl groups excluding tert-OH is 1. The molecule has 0 saturated carbocycles. The molecule has 0 aromatic heterocycles. The number of carbonyl (C=O) groups is 6. The van der Waals surface area contributed by atoms with Crippen LogP contribution in [-0.4, -0.2) is 133 Å². The van der Waals surface area contributed by atoms with E-state index in [1.54, 1.807) is 3.11 Å². The molecule has 0 rings (SSSR count). The van der Waals surface area contributed by atoms with Crippen LogP contribution in [0.3, 0.4) is 0 Å². The fraction of sp³-hybridized carbons (Fsp3) is 0.824. The van der Waals surface area contributed by atoms with Gasteiger partial charge in [-0.1, -0.05) is 12.8 Å². The normalized spacial score (nSPS) is 11.5. The molecular weight excluding hydrogens is 807 g/mol. The van der Waals surface area contributed by atoms with Gasteiger partial charge >= 0.3 is 0 Å². The molecule has 1 unspecified atom stereocenters. The fourth-order valence-electron chi connectivity index (χ4n) is 4.88.